The summed E-state index contributed by atoms with van der Waals surface area (Å²) < 4.78 is 30.9. The lowest BCUT2D eigenvalue weighted by Crippen LogP contribution is -2.38. The van der Waals surface area contributed by atoms with Crippen LogP contribution < -0.4 is 4.72 Å². The highest BCUT2D eigenvalue weighted by atomic mass is 32.2. The number of sulfonamides is 1. The smallest absolute Gasteiger partial charge is 0.208 e. The zero-order valence-corrected chi connectivity index (χ0v) is 11.5. The van der Waals surface area contributed by atoms with Crippen LogP contribution in [0.3, 0.4) is 0 Å². The summed E-state index contributed by atoms with van der Waals surface area (Å²) in [6, 6.07) is 0.134. The van der Waals surface area contributed by atoms with Crippen LogP contribution in [0.25, 0.3) is 0 Å². The van der Waals surface area contributed by atoms with Gasteiger partial charge in [-0.05, 0) is 51.4 Å². The van der Waals surface area contributed by atoms with Crippen molar-refractivity contribution in [3.8, 4) is 0 Å². The van der Waals surface area contributed by atoms with Gasteiger partial charge in [-0.3, -0.25) is 0 Å². The first-order valence-corrected chi connectivity index (χ1v) is 8.46. The molecule has 0 aliphatic heterocycles. The van der Waals surface area contributed by atoms with Gasteiger partial charge < -0.3 is 4.74 Å². The van der Waals surface area contributed by atoms with Gasteiger partial charge in [0.2, 0.25) is 10.0 Å². The molecule has 1 unspecified atom stereocenters. The molecule has 5 heteroatoms. The summed E-state index contributed by atoms with van der Waals surface area (Å²) in [5, 5.41) is 0. The van der Waals surface area contributed by atoms with Gasteiger partial charge in [0.15, 0.2) is 0 Å². The Morgan fingerprint density at radius 3 is 2.18 bits per heavy atom. The van der Waals surface area contributed by atoms with Gasteiger partial charge in [-0.2, -0.15) is 0 Å². The van der Waals surface area contributed by atoms with Crippen LogP contribution in [-0.4, -0.2) is 32.9 Å². The van der Waals surface area contributed by atoms with E-state index in [0.29, 0.717) is 18.1 Å². The average molecular weight is 261 g/mol. The molecule has 1 atom stereocenters. The van der Waals surface area contributed by atoms with Crippen molar-refractivity contribution in [1.82, 2.24) is 4.72 Å². The second-order valence-corrected chi connectivity index (χ2v) is 7.32. The first-order chi connectivity index (χ1) is 7.94. The predicted octanol–water partition coefficient (Wildman–Crippen LogP) is 1.66. The molecule has 2 aliphatic carbocycles. The van der Waals surface area contributed by atoms with E-state index >= 15 is 0 Å². The van der Waals surface area contributed by atoms with Crippen molar-refractivity contribution in [2.45, 2.75) is 63.7 Å². The van der Waals surface area contributed by atoms with Gasteiger partial charge in [0.1, 0.15) is 0 Å². The first kappa shape index (κ1) is 13.3. The Morgan fingerprint density at radius 2 is 1.71 bits per heavy atom. The fraction of sp³-hybridized carbons (Fsp3) is 1.00. The van der Waals surface area contributed by atoms with Crippen LogP contribution >= 0.6 is 0 Å². The van der Waals surface area contributed by atoms with E-state index < -0.39 is 10.0 Å². The summed E-state index contributed by atoms with van der Waals surface area (Å²) in [6.45, 7) is 2.16. The van der Waals surface area contributed by atoms with Crippen LogP contribution in [0.5, 0.6) is 0 Å². The molecule has 2 saturated carbocycles. The fourth-order valence-electron chi connectivity index (χ4n) is 2.63. The van der Waals surface area contributed by atoms with E-state index in [-0.39, 0.29) is 6.04 Å². The monoisotopic (exact) mass is 261 g/mol. The minimum atomic E-state index is -3.05. The van der Waals surface area contributed by atoms with Gasteiger partial charge in [0, 0.05) is 6.04 Å². The van der Waals surface area contributed by atoms with E-state index in [9.17, 15) is 8.42 Å². The third-order valence-electron chi connectivity index (χ3n) is 3.75. The van der Waals surface area contributed by atoms with Crippen molar-refractivity contribution in [2.75, 3.05) is 6.26 Å². The van der Waals surface area contributed by atoms with Crippen molar-refractivity contribution < 1.29 is 13.2 Å². The Labute approximate surface area is 104 Å². The predicted molar refractivity (Wildman–Crippen MR) is 67.3 cm³/mol. The van der Waals surface area contributed by atoms with E-state index in [1.807, 2.05) is 0 Å². The van der Waals surface area contributed by atoms with Gasteiger partial charge in [0.25, 0.3) is 0 Å². The number of hydrogen-bond donors (Lipinski definition) is 1. The lowest BCUT2D eigenvalue weighted by atomic mass is 9.83. The van der Waals surface area contributed by atoms with Gasteiger partial charge in [-0.15, -0.1) is 0 Å². The van der Waals surface area contributed by atoms with Crippen LogP contribution in [0, 0.1) is 5.92 Å². The van der Waals surface area contributed by atoms with E-state index in [4.69, 9.17) is 4.74 Å². The summed E-state index contributed by atoms with van der Waals surface area (Å²) in [5.74, 6) is 0.605. The van der Waals surface area contributed by atoms with Crippen LogP contribution in [0.2, 0.25) is 0 Å². The molecular weight excluding hydrogens is 238 g/mol. The molecule has 0 aromatic heterocycles. The van der Waals surface area contributed by atoms with Crippen molar-refractivity contribution in [2.24, 2.45) is 5.92 Å². The molecular formula is C12H23NO3S. The van der Waals surface area contributed by atoms with Crippen LogP contribution in [0.15, 0.2) is 0 Å². The molecule has 17 heavy (non-hydrogen) atoms. The van der Waals surface area contributed by atoms with E-state index in [2.05, 4.69) is 11.6 Å². The van der Waals surface area contributed by atoms with Gasteiger partial charge in [0.05, 0.1) is 18.5 Å². The Morgan fingerprint density at radius 1 is 1.12 bits per heavy atom. The summed E-state index contributed by atoms with van der Waals surface area (Å²) >= 11 is 0. The molecule has 4 nitrogen and oxygen atoms in total. The second kappa shape index (κ2) is 5.24. The van der Waals surface area contributed by atoms with Crippen molar-refractivity contribution in [3.63, 3.8) is 0 Å². The molecule has 100 valence electrons. The molecule has 0 bridgehead atoms. The van der Waals surface area contributed by atoms with Gasteiger partial charge in [-0.25, -0.2) is 13.1 Å². The summed E-state index contributed by atoms with van der Waals surface area (Å²) in [7, 11) is -3.05. The van der Waals surface area contributed by atoms with E-state index in [0.717, 1.165) is 25.7 Å². The first-order valence-electron chi connectivity index (χ1n) is 6.57. The normalized spacial score (nSPS) is 32.4. The molecule has 1 N–H and O–H groups in total. The maximum Gasteiger partial charge on any atom is 0.208 e. The van der Waals surface area contributed by atoms with E-state index in [1.165, 1.54) is 19.1 Å². The summed E-state index contributed by atoms with van der Waals surface area (Å²) in [4.78, 5) is 0. The SMILES string of the molecule is CC(OC1CC1)C1CCC(NS(C)(=O)=O)CC1. The minimum Gasteiger partial charge on any atom is -0.375 e. The third-order valence-corrected chi connectivity index (χ3v) is 4.51. The van der Waals surface area contributed by atoms with E-state index in [1.54, 1.807) is 0 Å². The number of rotatable bonds is 5. The maximum atomic E-state index is 11.1. The zero-order chi connectivity index (χ0) is 12.5. The van der Waals surface area contributed by atoms with Crippen LogP contribution in [0.1, 0.15) is 45.4 Å². The van der Waals surface area contributed by atoms with Crippen LogP contribution in [-0.2, 0) is 14.8 Å². The number of hydrogen-bond acceptors (Lipinski definition) is 3. The number of nitrogens with one attached hydrogen (secondary N) is 1. The lowest BCUT2D eigenvalue weighted by Gasteiger charge is -2.32. The molecule has 2 rings (SSSR count). The van der Waals surface area contributed by atoms with Crippen molar-refractivity contribution >= 4 is 10.0 Å². The summed E-state index contributed by atoms with van der Waals surface area (Å²) in [6.07, 6.45) is 8.54. The molecule has 0 aromatic rings. The molecule has 2 aliphatic rings. The molecule has 2 fully saturated rings. The van der Waals surface area contributed by atoms with Crippen LogP contribution in [0.4, 0.5) is 0 Å². The van der Waals surface area contributed by atoms with Gasteiger partial charge in [-0.1, -0.05) is 0 Å². The summed E-state index contributed by atoms with van der Waals surface area (Å²) in [5.41, 5.74) is 0. The average Bonchev–Trinajstić information content (AvgIpc) is 3.00. The topological polar surface area (TPSA) is 55.4 Å². The number of ether oxygens (including phenoxy) is 1. The fourth-order valence-corrected chi connectivity index (χ4v) is 3.47. The minimum absolute atomic E-state index is 0.134. The Kier molecular flexibility index (Phi) is 4.10. The molecule has 0 radical (unpaired) electrons. The van der Waals surface area contributed by atoms with Gasteiger partial charge >= 0.3 is 0 Å². The highest BCUT2D eigenvalue weighted by molar-refractivity contribution is 7.88. The maximum absolute atomic E-state index is 11.1. The standard InChI is InChI=1S/C12H23NO3S/c1-9(16-12-7-8-12)10-3-5-11(6-4-10)13-17(2,14)15/h9-13H,3-8H2,1-2H3. The molecule has 0 saturated heterocycles. The molecule has 0 aromatic carbocycles. The zero-order valence-electron chi connectivity index (χ0n) is 10.7. The quantitative estimate of drug-likeness (QED) is 0.819. The lowest BCUT2D eigenvalue weighted by molar-refractivity contribution is -0.0000917. The molecule has 0 spiro atoms. The Bertz CT molecular complexity index is 343. The Hall–Kier alpha value is -0.130. The Balaban J connectivity index is 1.73. The second-order valence-electron chi connectivity index (χ2n) is 5.54. The highest BCUT2D eigenvalue weighted by Gasteiger charge is 2.31. The molecule has 0 amide bonds. The molecule has 0 heterocycles. The third kappa shape index (κ3) is 4.56. The highest BCUT2D eigenvalue weighted by Crippen LogP contribution is 2.33. The van der Waals surface area contributed by atoms with Crippen molar-refractivity contribution in [1.29, 1.82) is 0 Å². The largest absolute Gasteiger partial charge is 0.375 e. The van der Waals surface area contributed by atoms with Crippen molar-refractivity contribution in [3.05, 3.63) is 0 Å².